The quantitative estimate of drug-likeness (QED) is 0.544. The van der Waals surface area contributed by atoms with E-state index in [9.17, 15) is 22.4 Å². The van der Waals surface area contributed by atoms with Crippen LogP contribution in [0.5, 0.6) is 0 Å². The van der Waals surface area contributed by atoms with Gasteiger partial charge >= 0.3 is 6.18 Å². The Bertz CT molecular complexity index is 1220. The van der Waals surface area contributed by atoms with Gasteiger partial charge in [-0.25, -0.2) is 4.39 Å². The number of anilines is 1. The van der Waals surface area contributed by atoms with Crippen molar-refractivity contribution in [1.82, 2.24) is 14.5 Å². The maximum atomic E-state index is 12.8. The molecule has 0 bridgehead atoms. The van der Waals surface area contributed by atoms with Crippen LogP contribution in [0.25, 0.3) is 16.9 Å². The van der Waals surface area contributed by atoms with Gasteiger partial charge in [0.25, 0.3) is 5.56 Å². The summed E-state index contributed by atoms with van der Waals surface area (Å²) in [5.41, 5.74) is 2.70. The van der Waals surface area contributed by atoms with Crippen LogP contribution in [0.3, 0.4) is 0 Å². The van der Waals surface area contributed by atoms with Crippen molar-refractivity contribution >= 4 is 5.69 Å². The summed E-state index contributed by atoms with van der Waals surface area (Å²) in [7, 11) is 0. The van der Waals surface area contributed by atoms with Gasteiger partial charge < -0.3 is 4.90 Å². The van der Waals surface area contributed by atoms with Crippen molar-refractivity contribution in [3.05, 3.63) is 76.3 Å². The molecule has 1 saturated heterocycles. The summed E-state index contributed by atoms with van der Waals surface area (Å²) in [4.78, 5) is 21.1. The lowest BCUT2D eigenvalue weighted by atomic mass is 10.1. The first-order chi connectivity index (χ1) is 15.8. The molecular formula is C24H22F4N4O. The number of fused-ring (bicyclic) bond motifs is 1. The first-order valence-electron chi connectivity index (χ1n) is 10.8. The molecule has 0 N–H and O–H groups in total. The van der Waals surface area contributed by atoms with Crippen molar-refractivity contribution in [3.8, 4) is 16.9 Å². The highest BCUT2D eigenvalue weighted by Gasteiger charge is 2.35. The van der Waals surface area contributed by atoms with E-state index in [1.807, 2.05) is 18.2 Å². The maximum Gasteiger partial charge on any atom is 0.417 e. The van der Waals surface area contributed by atoms with Gasteiger partial charge in [-0.05, 0) is 48.4 Å². The van der Waals surface area contributed by atoms with Crippen molar-refractivity contribution in [2.24, 2.45) is 0 Å². The van der Waals surface area contributed by atoms with Crippen molar-refractivity contribution in [2.75, 3.05) is 37.8 Å². The first-order valence-corrected chi connectivity index (χ1v) is 10.8. The zero-order chi connectivity index (χ0) is 23.2. The molecule has 3 aromatic rings. The summed E-state index contributed by atoms with van der Waals surface area (Å²) in [6.07, 6.45) is -1.19. The summed E-state index contributed by atoms with van der Waals surface area (Å²) >= 11 is 0. The molecule has 0 unspecified atom stereocenters. The lowest BCUT2D eigenvalue weighted by Gasteiger charge is -2.44. The van der Waals surface area contributed by atoms with Crippen molar-refractivity contribution in [1.29, 1.82) is 0 Å². The number of rotatable bonds is 5. The second-order valence-electron chi connectivity index (χ2n) is 8.41. The normalized spacial score (nSPS) is 16.7. The fourth-order valence-corrected chi connectivity index (χ4v) is 4.57. The SMILES string of the molecule is O=c1cc(-c2ccc(C(F)(F)F)cn2)ccn1-c1ccc2c(c1)CCN2C1CN(CCF)C1. The fraction of sp³-hybridized carbons (Fsp3) is 0.333. The molecule has 0 amide bonds. The number of pyridine rings is 2. The van der Waals surface area contributed by atoms with E-state index in [1.54, 1.807) is 12.3 Å². The summed E-state index contributed by atoms with van der Waals surface area (Å²) in [6, 6.07) is 11.6. The van der Waals surface area contributed by atoms with Crippen molar-refractivity contribution in [3.63, 3.8) is 0 Å². The molecule has 4 heterocycles. The average Bonchev–Trinajstić information content (AvgIpc) is 3.18. The monoisotopic (exact) mass is 458 g/mol. The summed E-state index contributed by atoms with van der Waals surface area (Å²) in [5, 5.41) is 0. The largest absolute Gasteiger partial charge is 0.417 e. The van der Waals surface area contributed by atoms with Crippen molar-refractivity contribution in [2.45, 2.75) is 18.6 Å². The minimum Gasteiger partial charge on any atom is -0.365 e. The van der Waals surface area contributed by atoms with Gasteiger partial charge in [-0.1, -0.05) is 0 Å². The zero-order valence-corrected chi connectivity index (χ0v) is 17.7. The molecule has 0 aliphatic carbocycles. The second-order valence-corrected chi connectivity index (χ2v) is 8.41. The summed E-state index contributed by atoms with van der Waals surface area (Å²) in [5.74, 6) is 0. The minimum absolute atomic E-state index is 0.287. The van der Waals surface area contributed by atoms with E-state index in [-0.39, 0.29) is 12.2 Å². The van der Waals surface area contributed by atoms with Crippen LogP contribution in [0.2, 0.25) is 0 Å². The van der Waals surface area contributed by atoms with Crippen LogP contribution in [0.15, 0.2) is 59.7 Å². The number of nitrogens with zero attached hydrogens (tertiary/aromatic N) is 4. The molecule has 2 aliphatic rings. The van der Waals surface area contributed by atoms with Crippen LogP contribution in [0.4, 0.5) is 23.2 Å². The minimum atomic E-state index is -4.45. The maximum absolute atomic E-state index is 12.8. The zero-order valence-electron chi connectivity index (χ0n) is 17.7. The molecule has 33 heavy (non-hydrogen) atoms. The Hall–Kier alpha value is -3.20. The van der Waals surface area contributed by atoms with Crippen molar-refractivity contribution < 1.29 is 17.6 Å². The summed E-state index contributed by atoms with van der Waals surface area (Å²) in [6.45, 7) is 2.79. The third kappa shape index (κ3) is 4.13. The molecule has 5 nitrogen and oxygen atoms in total. The standard InChI is InChI=1S/C24H22F4N4O/c25-7-10-30-14-20(15-30)31-8-6-17-11-19(2-4-22(17)31)32-9-5-16(12-23(32)33)21-3-1-18(13-29-21)24(26,27)28/h1-5,9,11-13,20H,6-8,10,14-15H2. The summed E-state index contributed by atoms with van der Waals surface area (Å²) < 4.78 is 52.3. The van der Waals surface area contributed by atoms with Crippen LogP contribution in [-0.2, 0) is 12.6 Å². The fourth-order valence-electron chi connectivity index (χ4n) is 4.57. The molecule has 0 atom stereocenters. The molecule has 1 aromatic carbocycles. The Morgan fingerprint density at radius 3 is 2.55 bits per heavy atom. The van der Waals surface area contributed by atoms with Gasteiger partial charge in [-0.2, -0.15) is 13.2 Å². The average molecular weight is 458 g/mol. The molecule has 2 aliphatic heterocycles. The molecule has 172 valence electrons. The Morgan fingerprint density at radius 1 is 1.06 bits per heavy atom. The van der Waals surface area contributed by atoms with Gasteiger partial charge in [0, 0.05) is 61.6 Å². The van der Waals surface area contributed by atoms with E-state index >= 15 is 0 Å². The number of likely N-dealkylation sites (tertiary alicyclic amines) is 1. The van der Waals surface area contributed by atoms with Crippen LogP contribution in [0.1, 0.15) is 11.1 Å². The Kier molecular flexibility index (Phi) is 5.44. The van der Waals surface area contributed by atoms with E-state index in [0.717, 1.165) is 55.3 Å². The van der Waals surface area contributed by atoms with E-state index in [4.69, 9.17) is 0 Å². The van der Waals surface area contributed by atoms with Gasteiger partial charge in [0.2, 0.25) is 0 Å². The number of hydrogen-bond donors (Lipinski definition) is 0. The Labute approximate surface area is 187 Å². The predicted molar refractivity (Wildman–Crippen MR) is 118 cm³/mol. The number of benzene rings is 1. The van der Waals surface area contributed by atoms with Gasteiger partial charge in [0.15, 0.2) is 0 Å². The highest BCUT2D eigenvalue weighted by molar-refractivity contribution is 5.63. The van der Waals surface area contributed by atoms with Crippen LogP contribution >= 0.6 is 0 Å². The molecule has 0 saturated carbocycles. The number of hydrogen-bond acceptors (Lipinski definition) is 4. The van der Waals surface area contributed by atoms with Crippen LogP contribution < -0.4 is 10.5 Å². The van der Waals surface area contributed by atoms with Gasteiger partial charge in [-0.15, -0.1) is 0 Å². The topological polar surface area (TPSA) is 41.4 Å². The Morgan fingerprint density at radius 2 is 1.88 bits per heavy atom. The van der Waals surface area contributed by atoms with Gasteiger partial charge in [0.1, 0.15) is 6.67 Å². The second kappa shape index (κ2) is 8.30. The van der Waals surface area contributed by atoms with Crippen LogP contribution in [0, 0.1) is 0 Å². The first kappa shape index (κ1) is 21.6. The van der Waals surface area contributed by atoms with Gasteiger partial charge in [0.05, 0.1) is 17.3 Å². The lowest BCUT2D eigenvalue weighted by molar-refractivity contribution is -0.137. The van der Waals surface area contributed by atoms with Gasteiger partial charge in [-0.3, -0.25) is 19.2 Å². The molecule has 5 rings (SSSR count). The third-order valence-electron chi connectivity index (χ3n) is 6.36. The smallest absolute Gasteiger partial charge is 0.365 e. The molecule has 1 fully saturated rings. The van der Waals surface area contributed by atoms with E-state index < -0.39 is 11.7 Å². The van der Waals surface area contributed by atoms with E-state index in [0.29, 0.717) is 23.8 Å². The number of halogens is 4. The molecule has 9 heteroatoms. The molecular weight excluding hydrogens is 436 g/mol. The molecule has 0 spiro atoms. The lowest BCUT2D eigenvalue weighted by Crippen LogP contribution is -2.59. The predicted octanol–water partition coefficient (Wildman–Crippen LogP) is 3.93. The molecule has 2 aromatic heterocycles. The number of aromatic nitrogens is 2. The van der Waals surface area contributed by atoms with E-state index in [1.165, 1.54) is 16.7 Å². The Balaban J connectivity index is 1.35. The highest BCUT2D eigenvalue weighted by atomic mass is 19.4. The van der Waals surface area contributed by atoms with E-state index in [2.05, 4.69) is 14.8 Å². The third-order valence-corrected chi connectivity index (χ3v) is 6.36. The van der Waals surface area contributed by atoms with Crippen LogP contribution in [-0.4, -0.2) is 53.3 Å². The number of alkyl halides is 4. The highest BCUT2D eigenvalue weighted by Crippen LogP contribution is 2.34. The molecule has 0 radical (unpaired) electrons.